The maximum atomic E-state index is 10.3. The van der Waals surface area contributed by atoms with Crippen molar-refractivity contribution in [3.8, 4) is 11.8 Å². The molecule has 4 heteroatoms. The number of nitro groups is 1. The van der Waals surface area contributed by atoms with Gasteiger partial charge in [0.25, 0.3) is 5.69 Å². The number of benzene rings is 1. The summed E-state index contributed by atoms with van der Waals surface area (Å²) in [4.78, 5) is 9.85. The van der Waals surface area contributed by atoms with Gasteiger partial charge in [0, 0.05) is 17.7 Å². The first-order valence-corrected chi connectivity index (χ1v) is 3.58. The van der Waals surface area contributed by atoms with Crippen LogP contribution in [0.5, 0.6) is 0 Å². The molecule has 0 amide bonds. The highest BCUT2D eigenvalue weighted by molar-refractivity contribution is 5.42. The Bertz CT molecular complexity index is 376. The van der Waals surface area contributed by atoms with Crippen LogP contribution in [0.1, 0.15) is 5.56 Å². The zero-order valence-electron chi connectivity index (χ0n) is 6.73. The lowest BCUT2D eigenvalue weighted by Crippen LogP contribution is -1.87. The summed E-state index contributed by atoms with van der Waals surface area (Å²) >= 11 is 0. The molecule has 1 aromatic rings. The van der Waals surface area contributed by atoms with Gasteiger partial charge in [-0.05, 0) is 6.07 Å². The van der Waals surface area contributed by atoms with Crippen molar-refractivity contribution in [3.05, 3.63) is 39.9 Å². The molecule has 0 aliphatic heterocycles. The van der Waals surface area contributed by atoms with Crippen LogP contribution in [0.25, 0.3) is 0 Å². The predicted molar refractivity (Wildman–Crippen MR) is 47.1 cm³/mol. The third-order valence-corrected chi connectivity index (χ3v) is 1.37. The highest BCUT2D eigenvalue weighted by atomic mass is 16.6. The number of hydrogen-bond donors (Lipinski definition) is 1. The van der Waals surface area contributed by atoms with Crippen molar-refractivity contribution in [2.45, 2.75) is 0 Å². The molecule has 0 unspecified atom stereocenters. The van der Waals surface area contributed by atoms with Gasteiger partial charge in [-0.15, -0.1) is 0 Å². The number of aliphatic hydroxyl groups is 1. The lowest BCUT2D eigenvalue weighted by molar-refractivity contribution is -0.384. The molecule has 66 valence electrons. The average Bonchev–Trinajstić information content (AvgIpc) is 2.15. The van der Waals surface area contributed by atoms with E-state index in [2.05, 4.69) is 11.8 Å². The van der Waals surface area contributed by atoms with Gasteiger partial charge >= 0.3 is 0 Å². The standard InChI is InChI=1S/C9H7NO3/c11-6-2-4-8-3-1-5-9(7-8)10(12)13/h1,3,5,7,11H,6H2. The van der Waals surface area contributed by atoms with E-state index >= 15 is 0 Å². The summed E-state index contributed by atoms with van der Waals surface area (Å²) in [5.74, 6) is 5.00. The van der Waals surface area contributed by atoms with Crippen LogP contribution in [0, 0.1) is 22.0 Å². The van der Waals surface area contributed by atoms with Crippen LogP contribution in [0.3, 0.4) is 0 Å². The van der Waals surface area contributed by atoms with Gasteiger partial charge in [-0.3, -0.25) is 10.1 Å². The van der Waals surface area contributed by atoms with Crippen LogP contribution in [-0.2, 0) is 0 Å². The highest BCUT2D eigenvalue weighted by Gasteiger charge is 2.03. The third kappa shape index (κ3) is 2.58. The number of nitro benzene ring substituents is 1. The largest absolute Gasteiger partial charge is 0.384 e. The Kier molecular flexibility index (Phi) is 3.01. The van der Waals surface area contributed by atoms with Crippen LogP contribution in [0.2, 0.25) is 0 Å². The zero-order chi connectivity index (χ0) is 9.68. The van der Waals surface area contributed by atoms with Gasteiger partial charge < -0.3 is 5.11 Å². The maximum absolute atomic E-state index is 10.3. The van der Waals surface area contributed by atoms with Gasteiger partial charge in [0.2, 0.25) is 0 Å². The molecule has 0 atom stereocenters. The van der Waals surface area contributed by atoms with Gasteiger partial charge in [-0.25, -0.2) is 0 Å². The van der Waals surface area contributed by atoms with Crippen molar-refractivity contribution >= 4 is 5.69 Å². The molecule has 0 heterocycles. The van der Waals surface area contributed by atoms with Gasteiger partial charge in [-0.1, -0.05) is 17.9 Å². The smallest absolute Gasteiger partial charge is 0.270 e. The summed E-state index contributed by atoms with van der Waals surface area (Å²) < 4.78 is 0. The number of nitrogens with zero attached hydrogens (tertiary/aromatic N) is 1. The minimum absolute atomic E-state index is 0.00439. The number of aliphatic hydroxyl groups excluding tert-OH is 1. The number of non-ortho nitro benzene ring substituents is 1. The van der Waals surface area contributed by atoms with Gasteiger partial charge in [0.05, 0.1) is 4.92 Å². The SMILES string of the molecule is O=[N+]([O-])c1cccc(C#CCO)c1. The van der Waals surface area contributed by atoms with Crippen molar-refractivity contribution in [1.29, 1.82) is 0 Å². The van der Waals surface area contributed by atoms with Crippen LogP contribution in [-0.4, -0.2) is 16.6 Å². The third-order valence-electron chi connectivity index (χ3n) is 1.37. The molecule has 0 aliphatic carbocycles. The summed E-state index contributed by atoms with van der Waals surface area (Å²) in [6.07, 6.45) is 0. The van der Waals surface area contributed by atoms with E-state index in [0.717, 1.165) is 0 Å². The highest BCUT2D eigenvalue weighted by Crippen LogP contribution is 2.11. The maximum Gasteiger partial charge on any atom is 0.270 e. The molecule has 0 saturated carbocycles. The van der Waals surface area contributed by atoms with E-state index in [1.807, 2.05) is 0 Å². The van der Waals surface area contributed by atoms with Crippen LogP contribution in [0.4, 0.5) is 5.69 Å². The van der Waals surface area contributed by atoms with Gasteiger partial charge in [0.1, 0.15) is 6.61 Å². The van der Waals surface area contributed by atoms with Crippen molar-refractivity contribution in [1.82, 2.24) is 0 Å². The summed E-state index contributed by atoms with van der Waals surface area (Å²) in [6, 6.07) is 5.96. The fraction of sp³-hybridized carbons (Fsp3) is 0.111. The fourth-order valence-electron chi connectivity index (χ4n) is 0.839. The molecular weight excluding hydrogens is 170 g/mol. The Balaban J connectivity index is 2.98. The molecule has 0 bridgehead atoms. The van der Waals surface area contributed by atoms with E-state index in [9.17, 15) is 10.1 Å². The summed E-state index contributed by atoms with van der Waals surface area (Å²) in [6.45, 7) is -0.247. The zero-order valence-corrected chi connectivity index (χ0v) is 6.73. The van der Waals surface area contributed by atoms with Gasteiger partial charge in [-0.2, -0.15) is 0 Å². The quantitative estimate of drug-likeness (QED) is 0.394. The van der Waals surface area contributed by atoms with Crippen molar-refractivity contribution in [3.63, 3.8) is 0 Å². The molecule has 1 rings (SSSR count). The summed E-state index contributed by atoms with van der Waals surface area (Å²) in [5, 5.41) is 18.7. The van der Waals surface area contributed by atoms with E-state index in [1.54, 1.807) is 12.1 Å². The lowest BCUT2D eigenvalue weighted by atomic mass is 10.2. The van der Waals surface area contributed by atoms with Crippen molar-refractivity contribution in [2.24, 2.45) is 0 Å². The van der Waals surface area contributed by atoms with Crippen molar-refractivity contribution in [2.75, 3.05) is 6.61 Å². The lowest BCUT2D eigenvalue weighted by Gasteiger charge is -1.90. The molecule has 0 saturated heterocycles. The minimum atomic E-state index is -0.482. The van der Waals surface area contributed by atoms with Gasteiger partial charge in [0.15, 0.2) is 0 Å². The Labute approximate surface area is 75.0 Å². The molecule has 1 N–H and O–H groups in total. The van der Waals surface area contributed by atoms with E-state index in [-0.39, 0.29) is 12.3 Å². The Morgan fingerprint density at radius 3 is 2.92 bits per heavy atom. The molecule has 0 radical (unpaired) electrons. The second kappa shape index (κ2) is 4.24. The summed E-state index contributed by atoms with van der Waals surface area (Å²) in [5.41, 5.74) is 0.535. The van der Waals surface area contributed by atoms with Crippen LogP contribution >= 0.6 is 0 Å². The first-order valence-electron chi connectivity index (χ1n) is 3.58. The Morgan fingerprint density at radius 1 is 1.54 bits per heavy atom. The minimum Gasteiger partial charge on any atom is -0.384 e. The van der Waals surface area contributed by atoms with Crippen LogP contribution < -0.4 is 0 Å². The normalized spacial score (nSPS) is 8.69. The van der Waals surface area contributed by atoms with E-state index in [0.29, 0.717) is 5.56 Å². The van der Waals surface area contributed by atoms with E-state index in [1.165, 1.54) is 12.1 Å². The monoisotopic (exact) mass is 177 g/mol. The van der Waals surface area contributed by atoms with Crippen LogP contribution in [0.15, 0.2) is 24.3 Å². The first-order chi connectivity index (χ1) is 6.24. The molecule has 0 spiro atoms. The fourth-order valence-corrected chi connectivity index (χ4v) is 0.839. The number of rotatable bonds is 1. The Morgan fingerprint density at radius 2 is 2.31 bits per heavy atom. The predicted octanol–water partition coefficient (Wildman–Crippen LogP) is 0.939. The molecule has 0 aromatic heterocycles. The number of hydrogen-bond acceptors (Lipinski definition) is 3. The molecular formula is C9H7NO3. The van der Waals surface area contributed by atoms with E-state index < -0.39 is 4.92 Å². The first kappa shape index (κ1) is 9.23. The van der Waals surface area contributed by atoms with Crippen molar-refractivity contribution < 1.29 is 10.0 Å². The molecule has 0 fully saturated rings. The second-order valence-corrected chi connectivity index (χ2v) is 2.27. The molecule has 13 heavy (non-hydrogen) atoms. The molecule has 0 aliphatic rings. The summed E-state index contributed by atoms with van der Waals surface area (Å²) in [7, 11) is 0. The average molecular weight is 177 g/mol. The Hall–Kier alpha value is -1.86. The topological polar surface area (TPSA) is 63.4 Å². The van der Waals surface area contributed by atoms with E-state index in [4.69, 9.17) is 5.11 Å². The second-order valence-electron chi connectivity index (χ2n) is 2.27. The molecule has 4 nitrogen and oxygen atoms in total. The molecule has 1 aromatic carbocycles.